The van der Waals surface area contributed by atoms with E-state index in [1.54, 1.807) is 31.2 Å². The van der Waals surface area contributed by atoms with Crippen LogP contribution in [0.1, 0.15) is 15.9 Å². The van der Waals surface area contributed by atoms with Gasteiger partial charge < -0.3 is 19.5 Å². The van der Waals surface area contributed by atoms with Crippen LogP contribution in [0.15, 0.2) is 36.4 Å². The standard InChI is InChI=1S/C17H16N2O6/c1-11-13(3-2-4-14(11)19(21)22)17(20)18-7-8-23-12-5-6-15-16(9-12)25-10-24-15/h2-6,9H,7-8,10H2,1H3,(H,18,20). The molecule has 0 bridgehead atoms. The van der Waals surface area contributed by atoms with Crippen LogP contribution in [-0.2, 0) is 0 Å². The number of rotatable bonds is 6. The molecule has 8 heteroatoms. The van der Waals surface area contributed by atoms with Gasteiger partial charge in [-0.15, -0.1) is 0 Å². The number of ether oxygens (including phenoxy) is 3. The molecule has 0 radical (unpaired) electrons. The van der Waals surface area contributed by atoms with Gasteiger partial charge >= 0.3 is 0 Å². The van der Waals surface area contributed by atoms with Gasteiger partial charge in [-0.25, -0.2) is 0 Å². The maximum Gasteiger partial charge on any atom is 0.273 e. The molecule has 0 unspecified atom stereocenters. The Morgan fingerprint density at radius 3 is 2.88 bits per heavy atom. The molecule has 0 spiro atoms. The summed E-state index contributed by atoms with van der Waals surface area (Å²) < 4.78 is 16.0. The Bertz CT molecular complexity index is 821. The lowest BCUT2D eigenvalue weighted by Gasteiger charge is -2.09. The second-order valence-corrected chi connectivity index (χ2v) is 5.33. The van der Waals surface area contributed by atoms with Crippen LogP contribution in [0.4, 0.5) is 5.69 Å². The van der Waals surface area contributed by atoms with E-state index < -0.39 is 4.92 Å². The summed E-state index contributed by atoms with van der Waals surface area (Å²) in [4.78, 5) is 22.6. The Morgan fingerprint density at radius 1 is 1.28 bits per heavy atom. The monoisotopic (exact) mass is 344 g/mol. The SMILES string of the molecule is Cc1c(C(=O)NCCOc2ccc3c(c2)OCO3)cccc1[N+](=O)[O-]. The minimum atomic E-state index is -0.505. The largest absolute Gasteiger partial charge is 0.492 e. The van der Waals surface area contributed by atoms with Crippen LogP contribution in [0.5, 0.6) is 17.2 Å². The molecule has 0 saturated heterocycles. The van der Waals surface area contributed by atoms with E-state index >= 15 is 0 Å². The molecule has 0 aromatic heterocycles. The van der Waals surface area contributed by atoms with E-state index in [4.69, 9.17) is 14.2 Å². The van der Waals surface area contributed by atoms with Crippen molar-refractivity contribution < 1.29 is 23.9 Å². The van der Waals surface area contributed by atoms with E-state index in [2.05, 4.69) is 5.32 Å². The van der Waals surface area contributed by atoms with Crippen molar-refractivity contribution in [1.82, 2.24) is 5.32 Å². The summed E-state index contributed by atoms with van der Waals surface area (Å²) in [6.45, 7) is 2.25. The molecule has 130 valence electrons. The molecule has 2 aromatic carbocycles. The van der Waals surface area contributed by atoms with Crippen LogP contribution in [-0.4, -0.2) is 30.8 Å². The number of fused-ring (bicyclic) bond motifs is 1. The molecule has 0 aliphatic carbocycles. The Kier molecular flexibility index (Phi) is 4.69. The summed E-state index contributed by atoms with van der Waals surface area (Å²) in [5.74, 6) is 1.51. The van der Waals surface area contributed by atoms with Gasteiger partial charge in [0.05, 0.1) is 11.5 Å². The van der Waals surface area contributed by atoms with Gasteiger partial charge in [-0.3, -0.25) is 14.9 Å². The van der Waals surface area contributed by atoms with Crippen molar-refractivity contribution in [2.24, 2.45) is 0 Å². The molecule has 1 heterocycles. The van der Waals surface area contributed by atoms with E-state index in [9.17, 15) is 14.9 Å². The molecule has 0 saturated carbocycles. The molecular weight excluding hydrogens is 328 g/mol. The van der Waals surface area contributed by atoms with Gasteiger partial charge in [0, 0.05) is 23.3 Å². The third-order valence-electron chi connectivity index (χ3n) is 3.75. The number of hydrogen-bond donors (Lipinski definition) is 1. The summed E-state index contributed by atoms with van der Waals surface area (Å²) >= 11 is 0. The number of amides is 1. The first kappa shape index (κ1) is 16.6. The molecule has 2 aromatic rings. The topological polar surface area (TPSA) is 99.9 Å². The van der Waals surface area contributed by atoms with Gasteiger partial charge in [-0.1, -0.05) is 6.07 Å². The Labute approximate surface area is 143 Å². The minimum absolute atomic E-state index is 0.0794. The predicted molar refractivity (Wildman–Crippen MR) is 88.2 cm³/mol. The van der Waals surface area contributed by atoms with Crippen LogP contribution in [0.25, 0.3) is 0 Å². The highest BCUT2D eigenvalue weighted by Crippen LogP contribution is 2.35. The second kappa shape index (κ2) is 7.08. The van der Waals surface area contributed by atoms with Crippen molar-refractivity contribution in [3.63, 3.8) is 0 Å². The fraction of sp³-hybridized carbons (Fsp3) is 0.235. The lowest BCUT2D eigenvalue weighted by atomic mass is 10.1. The summed E-state index contributed by atoms with van der Waals surface area (Å²) in [6.07, 6.45) is 0. The molecule has 1 aliphatic rings. The quantitative estimate of drug-likeness (QED) is 0.491. The van der Waals surface area contributed by atoms with Crippen molar-refractivity contribution >= 4 is 11.6 Å². The zero-order valence-corrected chi connectivity index (χ0v) is 13.5. The molecular formula is C17H16N2O6. The molecule has 0 atom stereocenters. The van der Waals surface area contributed by atoms with E-state index in [0.29, 0.717) is 22.8 Å². The first-order valence-corrected chi connectivity index (χ1v) is 7.61. The Hall–Kier alpha value is -3.29. The van der Waals surface area contributed by atoms with Gasteiger partial charge in [0.15, 0.2) is 11.5 Å². The number of nitrogens with zero attached hydrogens (tertiary/aromatic N) is 1. The molecule has 0 fully saturated rings. The third-order valence-corrected chi connectivity index (χ3v) is 3.75. The fourth-order valence-electron chi connectivity index (χ4n) is 2.46. The molecule has 1 N–H and O–H groups in total. The van der Waals surface area contributed by atoms with Crippen molar-refractivity contribution in [2.75, 3.05) is 19.9 Å². The maximum atomic E-state index is 12.2. The van der Waals surface area contributed by atoms with Crippen LogP contribution >= 0.6 is 0 Å². The molecule has 1 aliphatic heterocycles. The van der Waals surface area contributed by atoms with Crippen molar-refractivity contribution in [1.29, 1.82) is 0 Å². The Balaban J connectivity index is 1.53. The summed E-state index contributed by atoms with van der Waals surface area (Å²) in [5.41, 5.74) is 0.531. The highest BCUT2D eigenvalue weighted by Gasteiger charge is 2.17. The van der Waals surface area contributed by atoms with E-state index in [1.165, 1.54) is 12.1 Å². The van der Waals surface area contributed by atoms with Crippen molar-refractivity contribution in [3.8, 4) is 17.2 Å². The third kappa shape index (κ3) is 3.63. The lowest BCUT2D eigenvalue weighted by molar-refractivity contribution is -0.385. The number of nitro groups is 1. The van der Waals surface area contributed by atoms with Gasteiger partial charge in [-0.2, -0.15) is 0 Å². The van der Waals surface area contributed by atoms with E-state index in [0.717, 1.165) is 0 Å². The highest BCUT2D eigenvalue weighted by molar-refractivity contribution is 5.96. The number of carbonyl (C=O) groups is 1. The summed E-state index contributed by atoms with van der Waals surface area (Å²) in [7, 11) is 0. The second-order valence-electron chi connectivity index (χ2n) is 5.33. The first-order valence-electron chi connectivity index (χ1n) is 7.61. The van der Waals surface area contributed by atoms with Crippen molar-refractivity contribution in [2.45, 2.75) is 6.92 Å². The van der Waals surface area contributed by atoms with Crippen molar-refractivity contribution in [3.05, 3.63) is 57.6 Å². The summed E-state index contributed by atoms with van der Waals surface area (Å²) in [6, 6.07) is 9.63. The van der Waals surface area contributed by atoms with E-state index in [1.807, 2.05) is 0 Å². The first-order chi connectivity index (χ1) is 12.1. The number of benzene rings is 2. The van der Waals surface area contributed by atoms with Crippen LogP contribution in [0, 0.1) is 17.0 Å². The van der Waals surface area contributed by atoms with Crippen LogP contribution in [0.2, 0.25) is 0 Å². The molecule has 1 amide bonds. The van der Waals surface area contributed by atoms with Crippen LogP contribution < -0.4 is 19.5 Å². The molecule has 3 rings (SSSR count). The number of hydrogen-bond acceptors (Lipinski definition) is 6. The zero-order valence-electron chi connectivity index (χ0n) is 13.5. The maximum absolute atomic E-state index is 12.2. The zero-order chi connectivity index (χ0) is 17.8. The number of nitrogens with one attached hydrogen (secondary N) is 1. The number of nitro benzene ring substituents is 1. The average molecular weight is 344 g/mol. The van der Waals surface area contributed by atoms with Crippen LogP contribution in [0.3, 0.4) is 0 Å². The minimum Gasteiger partial charge on any atom is -0.492 e. The molecule has 8 nitrogen and oxygen atoms in total. The van der Waals surface area contributed by atoms with Gasteiger partial charge in [-0.05, 0) is 25.1 Å². The molecule has 25 heavy (non-hydrogen) atoms. The van der Waals surface area contributed by atoms with E-state index in [-0.39, 0.29) is 37.1 Å². The van der Waals surface area contributed by atoms with Gasteiger partial charge in [0.25, 0.3) is 11.6 Å². The Morgan fingerprint density at radius 2 is 2.08 bits per heavy atom. The van der Waals surface area contributed by atoms with Gasteiger partial charge in [0.2, 0.25) is 6.79 Å². The number of carbonyl (C=O) groups excluding carboxylic acids is 1. The normalized spacial score (nSPS) is 11.9. The smallest absolute Gasteiger partial charge is 0.273 e. The summed E-state index contributed by atoms with van der Waals surface area (Å²) in [5, 5.41) is 13.6. The predicted octanol–water partition coefficient (Wildman–Crippen LogP) is 2.44. The average Bonchev–Trinajstić information content (AvgIpc) is 3.06. The fourth-order valence-corrected chi connectivity index (χ4v) is 2.46. The van der Waals surface area contributed by atoms with Gasteiger partial charge in [0.1, 0.15) is 12.4 Å². The lowest BCUT2D eigenvalue weighted by Crippen LogP contribution is -2.28. The highest BCUT2D eigenvalue weighted by atomic mass is 16.7.